The van der Waals surface area contributed by atoms with Crippen LogP contribution in [-0.4, -0.2) is 10.1 Å². The molecule has 1 unspecified atom stereocenters. The Morgan fingerprint density at radius 2 is 1.54 bits per heavy atom. The van der Waals surface area contributed by atoms with E-state index in [0.717, 1.165) is 0 Å². The third-order valence-electron chi connectivity index (χ3n) is 3.64. The third kappa shape index (κ3) is 3.83. The van der Waals surface area contributed by atoms with Crippen LogP contribution < -0.4 is 5.32 Å². The van der Waals surface area contributed by atoms with E-state index in [2.05, 4.69) is 5.32 Å². The van der Waals surface area contributed by atoms with Gasteiger partial charge in [0.15, 0.2) is 0 Å². The Kier molecular flexibility index (Phi) is 5.47. The summed E-state index contributed by atoms with van der Waals surface area (Å²) in [5.74, 6) is -0.384. The van der Waals surface area contributed by atoms with Gasteiger partial charge in [0.2, 0.25) is 0 Å². The summed E-state index contributed by atoms with van der Waals surface area (Å²) in [4.78, 5) is 13.4. The van der Waals surface area contributed by atoms with Crippen molar-refractivity contribution in [2.75, 3.05) is 5.32 Å². The molecule has 26 heavy (non-hydrogen) atoms. The van der Waals surface area contributed by atoms with E-state index in [1.54, 1.807) is 72.8 Å². The quantitative estimate of drug-likeness (QED) is 0.717. The summed E-state index contributed by atoms with van der Waals surface area (Å²) in [6, 6.07) is 22.0. The minimum absolute atomic E-state index is 0.286. The first-order chi connectivity index (χ1) is 12.6. The maximum absolute atomic E-state index is 13.0. The lowest BCUT2D eigenvalue weighted by atomic mass is 10.2. The van der Waals surface area contributed by atoms with Gasteiger partial charge in [-0.15, -0.1) is 0 Å². The molecule has 0 saturated heterocycles. The molecule has 1 N–H and O–H groups in total. The van der Waals surface area contributed by atoms with Gasteiger partial charge in [0.1, 0.15) is 6.07 Å². The summed E-state index contributed by atoms with van der Waals surface area (Å²) in [5.41, 5.74) is 1.18. The molecule has 0 spiro atoms. The highest BCUT2D eigenvalue weighted by atomic mass is 35.5. The van der Waals surface area contributed by atoms with E-state index < -0.39 is 10.8 Å². The number of carbonyl (C=O) groups excluding carboxylic acids is 1. The Balaban J connectivity index is 1.95. The van der Waals surface area contributed by atoms with Gasteiger partial charge in [-0.3, -0.25) is 4.79 Å². The van der Waals surface area contributed by atoms with Crippen LogP contribution in [0.2, 0.25) is 5.02 Å². The first-order valence-corrected chi connectivity index (χ1v) is 9.20. The van der Waals surface area contributed by atoms with E-state index in [-0.39, 0.29) is 11.5 Å². The lowest BCUT2D eigenvalue weighted by Gasteiger charge is -2.11. The summed E-state index contributed by atoms with van der Waals surface area (Å²) in [6.07, 6.45) is 0. The average molecular weight is 381 g/mol. The first-order valence-electron chi connectivity index (χ1n) is 7.67. The summed E-state index contributed by atoms with van der Waals surface area (Å²) in [7, 11) is -1.66. The van der Waals surface area contributed by atoms with Gasteiger partial charge in [0, 0.05) is 10.7 Å². The maximum atomic E-state index is 13.0. The van der Waals surface area contributed by atoms with Crippen LogP contribution in [0.25, 0.3) is 0 Å². The number of nitrogens with one attached hydrogen (secondary N) is 1. The SMILES string of the molecule is N#Cc1ccccc1S(=O)c1ccccc1C(=O)Nc1ccc(Cl)cc1. The zero-order chi connectivity index (χ0) is 18.5. The topological polar surface area (TPSA) is 70.0 Å². The van der Waals surface area contributed by atoms with Crippen molar-refractivity contribution >= 4 is 34.0 Å². The van der Waals surface area contributed by atoms with Crippen molar-refractivity contribution in [1.29, 1.82) is 5.26 Å². The number of halogens is 1. The fourth-order valence-corrected chi connectivity index (χ4v) is 3.83. The molecule has 1 atom stereocenters. The van der Waals surface area contributed by atoms with Gasteiger partial charge in [-0.2, -0.15) is 5.26 Å². The highest BCUT2D eigenvalue weighted by Crippen LogP contribution is 2.24. The van der Waals surface area contributed by atoms with Gasteiger partial charge in [0.25, 0.3) is 5.91 Å². The second kappa shape index (κ2) is 7.96. The van der Waals surface area contributed by atoms with Crippen LogP contribution in [0.15, 0.2) is 82.6 Å². The maximum Gasteiger partial charge on any atom is 0.256 e. The number of anilines is 1. The second-order valence-corrected chi connectivity index (χ2v) is 7.19. The molecule has 4 nitrogen and oxygen atoms in total. The number of nitriles is 1. The van der Waals surface area contributed by atoms with Crippen molar-refractivity contribution in [3.8, 4) is 6.07 Å². The summed E-state index contributed by atoms with van der Waals surface area (Å²) >= 11 is 5.85. The fraction of sp³-hybridized carbons (Fsp3) is 0. The van der Waals surface area contributed by atoms with Crippen LogP contribution >= 0.6 is 11.6 Å². The zero-order valence-electron chi connectivity index (χ0n) is 13.5. The standard InChI is InChI=1S/C20H13ClN2O2S/c21-15-9-11-16(12-10-15)23-20(24)17-6-2-4-8-19(17)26(25)18-7-3-1-5-14(18)13-22/h1-12H,(H,23,24). The third-order valence-corrected chi connectivity index (χ3v) is 5.40. The van der Waals surface area contributed by atoms with Gasteiger partial charge in [-0.05, 0) is 48.5 Å². The molecule has 0 aliphatic heterocycles. The molecule has 6 heteroatoms. The summed E-state index contributed by atoms with van der Waals surface area (Å²) in [6.45, 7) is 0. The molecule has 0 aliphatic carbocycles. The molecule has 0 bridgehead atoms. The molecule has 3 rings (SSSR count). The van der Waals surface area contributed by atoms with Crippen LogP contribution in [0.3, 0.4) is 0 Å². The molecular weight excluding hydrogens is 368 g/mol. The molecule has 3 aromatic carbocycles. The molecule has 0 heterocycles. The Bertz CT molecular complexity index is 1030. The number of carbonyl (C=O) groups is 1. The van der Waals surface area contributed by atoms with Crippen molar-refractivity contribution in [3.05, 3.63) is 88.9 Å². The minimum Gasteiger partial charge on any atom is -0.322 e. The summed E-state index contributed by atoms with van der Waals surface area (Å²) < 4.78 is 13.0. The first kappa shape index (κ1) is 17.9. The molecule has 128 valence electrons. The fourth-order valence-electron chi connectivity index (χ4n) is 2.39. The molecule has 0 saturated carbocycles. The van der Waals surface area contributed by atoms with Gasteiger partial charge >= 0.3 is 0 Å². The number of amides is 1. The Hall–Kier alpha value is -2.94. The Morgan fingerprint density at radius 3 is 2.23 bits per heavy atom. The predicted octanol–water partition coefficient (Wildman–Crippen LogP) is 4.63. The lowest BCUT2D eigenvalue weighted by molar-refractivity contribution is 0.102. The van der Waals surface area contributed by atoms with Gasteiger partial charge in [0.05, 0.1) is 31.7 Å². The van der Waals surface area contributed by atoms with Crippen LogP contribution in [0.1, 0.15) is 15.9 Å². The van der Waals surface area contributed by atoms with Crippen molar-refractivity contribution in [2.24, 2.45) is 0 Å². The van der Waals surface area contributed by atoms with Crippen molar-refractivity contribution in [2.45, 2.75) is 9.79 Å². The predicted molar refractivity (Wildman–Crippen MR) is 102 cm³/mol. The highest BCUT2D eigenvalue weighted by molar-refractivity contribution is 7.85. The molecule has 3 aromatic rings. The monoisotopic (exact) mass is 380 g/mol. The van der Waals surface area contributed by atoms with Crippen LogP contribution in [0.5, 0.6) is 0 Å². The van der Waals surface area contributed by atoms with E-state index >= 15 is 0 Å². The van der Waals surface area contributed by atoms with E-state index in [1.807, 2.05) is 6.07 Å². The molecule has 0 aromatic heterocycles. The average Bonchev–Trinajstić information content (AvgIpc) is 2.69. The van der Waals surface area contributed by atoms with Crippen molar-refractivity contribution in [1.82, 2.24) is 0 Å². The molecule has 0 radical (unpaired) electrons. The number of hydrogen-bond acceptors (Lipinski definition) is 3. The number of nitrogens with zero attached hydrogens (tertiary/aromatic N) is 1. The van der Waals surface area contributed by atoms with E-state index in [0.29, 0.717) is 26.1 Å². The van der Waals surface area contributed by atoms with E-state index in [1.165, 1.54) is 0 Å². The highest BCUT2D eigenvalue weighted by Gasteiger charge is 2.19. The molecule has 0 fully saturated rings. The molecule has 1 amide bonds. The van der Waals surface area contributed by atoms with Crippen LogP contribution in [0.4, 0.5) is 5.69 Å². The van der Waals surface area contributed by atoms with Gasteiger partial charge in [-0.1, -0.05) is 35.9 Å². The Labute approximate surface area is 158 Å². The summed E-state index contributed by atoms with van der Waals surface area (Å²) in [5, 5.41) is 12.6. The smallest absolute Gasteiger partial charge is 0.256 e. The van der Waals surface area contributed by atoms with Gasteiger partial charge in [-0.25, -0.2) is 4.21 Å². The van der Waals surface area contributed by atoms with E-state index in [9.17, 15) is 14.3 Å². The Morgan fingerprint density at radius 1 is 0.923 bits per heavy atom. The van der Waals surface area contributed by atoms with E-state index in [4.69, 9.17) is 11.6 Å². The largest absolute Gasteiger partial charge is 0.322 e. The molecular formula is C20H13ClN2O2S. The zero-order valence-corrected chi connectivity index (χ0v) is 15.1. The minimum atomic E-state index is -1.66. The number of rotatable bonds is 4. The molecule has 0 aliphatic rings. The second-order valence-electron chi connectivity index (χ2n) is 5.33. The number of hydrogen-bond donors (Lipinski definition) is 1. The van der Waals surface area contributed by atoms with Crippen LogP contribution in [-0.2, 0) is 10.8 Å². The van der Waals surface area contributed by atoms with Gasteiger partial charge < -0.3 is 5.32 Å². The van der Waals surface area contributed by atoms with Crippen molar-refractivity contribution in [3.63, 3.8) is 0 Å². The lowest BCUT2D eigenvalue weighted by Crippen LogP contribution is -2.15. The van der Waals surface area contributed by atoms with Crippen molar-refractivity contribution < 1.29 is 9.00 Å². The number of benzene rings is 3. The normalized spacial score (nSPS) is 11.4. The van der Waals surface area contributed by atoms with Crippen LogP contribution in [0, 0.1) is 11.3 Å².